The number of carbonyl (C=O) groups is 1. The molecule has 1 rings (SSSR count). The van der Waals surface area contributed by atoms with E-state index in [1.54, 1.807) is 6.92 Å². The molecule has 0 saturated carbocycles. The van der Waals surface area contributed by atoms with Gasteiger partial charge in [0.05, 0.1) is 18.6 Å². The number of halogens is 4. The predicted octanol–water partition coefficient (Wildman–Crippen LogP) is 2.89. The molecule has 0 atom stereocenters. The zero-order valence-electron chi connectivity index (χ0n) is 10.9. The van der Waals surface area contributed by atoms with Crippen LogP contribution in [0.25, 0.3) is 0 Å². The van der Waals surface area contributed by atoms with Crippen molar-refractivity contribution in [2.24, 2.45) is 0 Å². The summed E-state index contributed by atoms with van der Waals surface area (Å²) in [6.45, 7) is 2.01. The Kier molecular flexibility index (Phi) is 5.94. The van der Waals surface area contributed by atoms with Gasteiger partial charge in [0, 0.05) is 13.1 Å². The van der Waals surface area contributed by atoms with Gasteiger partial charge in [0.15, 0.2) is 0 Å². The molecule has 0 unspecified atom stereocenters. The van der Waals surface area contributed by atoms with Crippen molar-refractivity contribution in [2.75, 3.05) is 13.2 Å². The van der Waals surface area contributed by atoms with Crippen LogP contribution in [-0.2, 0) is 22.3 Å². The van der Waals surface area contributed by atoms with Crippen molar-refractivity contribution < 1.29 is 27.1 Å². The summed E-state index contributed by atoms with van der Waals surface area (Å²) in [6, 6.07) is 2.51. The van der Waals surface area contributed by atoms with E-state index < -0.39 is 23.5 Å². The van der Waals surface area contributed by atoms with Crippen LogP contribution in [0.2, 0.25) is 0 Å². The third-order valence-electron chi connectivity index (χ3n) is 2.50. The lowest BCUT2D eigenvalue weighted by atomic mass is 10.1. The lowest BCUT2D eigenvalue weighted by Gasteiger charge is -2.13. The van der Waals surface area contributed by atoms with E-state index in [0.29, 0.717) is 6.07 Å². The molecule has 0 spiro atoms. The third-order valence-corrected chi connectivity index (χ3v) is 2.50. The van der Waals surface area contributed by atoms with Crippen LogP contribution >= 0.6 is 0 Å². The van der Waals surface area contributed by atoms with Crippen molar-refractivity contribution in [2.45, 2.75) is 26.1 Å². The lowest BCUT2D eigenvalue weighted by molar-refractivity contribution is -0.143. The highest BCUT2D eigenvalue weighted by atomic mass is 19.4. The van der Waals surface area contributed by atoms with Gasteiger partial charge in [0.25, 0.3) is 0 Å². The fourth-order valence-electron chi connectivity index (χ4n) is 1.61. The summed E-state index contributed by atoms with van der Waals surface area (Å²) in [5.74, 6) is -1.36. The Morgan fingerprint density at radius 2 is 2.05 bits per heavy atom. The first-order valence-corrected chi connectivity index (χ1v) is 6.06. The molecular weight excluding hydrogens is 278 g/mol. The molecular formula is C13H15F4NO2. The molecule has 0 fully saturated rings. The van der Waals surface area contributed by atoms with E-state index in [0.717, 1.165) is 12.1 Å². The van der Waals surface area contributed by atoms with Crippen LogP contribution in [0.3, 0.4) is 0 Å². The summed E-state index contributed by atoms with van der Waals surface area (Å²) >= 11 is 0. The molecule has 112 valence electrons. The number of nitrogens with one attached hydrogen (secondary N) is 1. The van der Waals surface area contributed by atoms with Crippen molar-refractivity contribution >= 4 is 5.97 Å². The summed E-state index contributed by atoms with van der Waals surface area (Å²) < 4.78 is 55.6. The van der Waals surface area contributed by atoms with Crippen molar-refractivity contribution in [1.82, 2.24) is 5.32 Å². The van der Waals surface area contributed by atoms with E-state index in [-0.39, 0.29) is 31.7 Å². The van der Waals surface area contributed by atoms with Gasteiger partial charge >= 0.3 is 12.1 Å². The van der Waals surface area contributed by atoms with Crippen molar-refractivity contribution in [3.05, 3.63) is 35.1 Å². The minimum absolute atomic E-state index is 0.0659. The Labute approximate surface area is 113 Å². The summed E-state index contributed by atoms with van der Waals surface area (Å²) in [6.07, 6.45) is -4.54. The zero-order chi connectivity index (χ0) is 15.2. The monoisotopic (exact) mass is 293 g/mol. The highest BCUT2D eigenvalue weighted by Gasteiger charge is 2.33. The number of rotatable bonds is 6. The predicted molar refractivity (Wildman–Crippen MR) is 64.4 cm³/mol. The molecule has 0 aliphatic heterocycles. The lowest BCUT2D eigenvalue weighted by Crippen LogP contribution is -2.21. The average Bonchev–Trinajstić information content (AvgIpc) is 2.35. The number of hydrogen-bond acceptors (Lipinski definition) is 3. The summed E-state index contributed by atoms with van der Waals surface area (Å²) in [5.41, 5.74) is -1.08. The number of alkyl halides is 3. The largest absolute Gasteiger partial charge is 0.466 e. The van der Waals surface area contributed by atoms with Crippen molar-refractivity contribution in [3.63, 3.8) is 0 Å². The molecule has 0 heterocycles. The van der Waals surface area contributed by atoms with Crippen LogP contribution in [0.4, 0.5) is 17.6 Å². The number of carbonyl (C=O) groups excluding carboxylic acids is 1. The minimum atomic E-state index is -4.61. The fraction of sp³-hybridized carbons (Fsp3) is 0.462. The average molecular weight is 293 g/mol. The number of esters is 1. The zero-order valence-corrected chi connectivity index (χ0v) is 10.9. The first kappa shape index (κ1) is 16.4. The Hall–Kier alpha value is -1.63. The smallest absolute Gasteiger partial charge is 0.416 e. The van der Waals surface area contributed by atoms with Gasteiger partial charge in [0.2, 0.25) is 0 Å². The standard InChI is InChI=1S/C13H15F4NO2/c1-2-20-12(19)5-6-18-8-9-3-4-10(14)7-11(9)13(15,16)17/h3-4,7,18H,2,5-6,8H2,1H3. The van der Waals surface area contributed by atoms with Crippen LogP contribution in [0.5, 0.6) is 0 Å². The molecule has 0 bridgehead atoms. The number of hydrogen-bond donors (Lipinski definition) is 1. The van der Waals surface area contributed by atoms with Gasteiger partial charge in [-0.2, -0.15) is 13.2 Å². The van der Waals surface area contributed by atoms with Gasteiger partial charge in [-0.15, -0.1) is 0 Å². The second-order valence-electron chi connectivity index (χ2n) is 4.03. The van der Waals surface area contributed by atoms with E-state index in [9.17, 15) is 22.4 Å². The van der Waals surface area contributed by atoms with Crippen LogP contribution in [0.15, 0.2) is 18.2 Å². The molecule has 1 aromatic rings. The second-order valence-corrected chi connectivity index (χ2v) is 4.03. The highest BCUT2D eigenvalue weighted by molar-refractivity contribution is 5.69. The first-order chi connectivity index (χ1) is 9.34. The van der Waals surface area contributed by atoms with Gasteiger partial charge < -0.3 is 10.1 Å². The van der Waals surface area contributed by atoms with E-state index in [1.165, 1.54) is 0 Å². The molecule has 3 nitrogen and oxygen atoms in total. The van der Waals surface area contributed by atoms with E-state index >= 15 is 0 Å². The third kappa shape index (κ3) is 5.16. The minimum Gasteiger partial charge on any atom is -0.466 e. The fourth-order valence-corrected chi connectivity index (χ4v) is 1.61. The number of benzene rings is 1. The van der Waals surface area contributed by atoms with Crippen molar-refractivity contribution in [3.8, 4) is 0 Å². The van der Waals surface area contributed by atoms with Crippen LogP contribution in [0.1, 0.15) is 24.5 Å². The maximum atomic E-state index is 12.9. The van der Waals surface area contributed by atoms with Crippen LogP contribution in [0, 0.1) is 5.82 Å². The second kappa shape index (κ2) is 7.23. The van der Waals surface area contributed by atoms with E-state index in [1.807, 2.05) is 0 Å². The van der Waals surface area contributed by atoms with E-state index in [2.05, 4.69) is 10.1 Å². The maximum Gasteiger partial charge on any atom is 0.416 e. The Morgan fingerprint density at radius 3 is 2.65 bits per heavy atom. The van der Waals surface area contributed by atoms with Crippen LogP contribution < -0.4 is 5.32 Å². The Morgan fingerprint density at radius 1 is 1.35 bits per heavy atom. The first-order valence-electron chi connectivity index (χ1n) is 6.06. The summed E-state index contributed by atoms with van der Waals surface area (Å²) in [4.78, 5) is 11.0. The molecule has 20 heavy (non-hydrogen) atoms. The molecule has 1 aromatic carbocycles. The SMILES string of the molecule is CCOC(=O)CCNCc1ccc(F)cc1C(F)(F)F. The van der Waals surface area contributed by atoms with Gasteiger partial charge in [-0.3, -0.25) is 4.79 Å². The highest BCUT2D eigenvalue weighted by Crippen LogP contribution is 2.32. The summed E-state index contributed by atoms with van der Waals surface area (Å²) in [5, 5.41) is 2.70. The molecule has 0 aliphatic carbocycles. The topological polar surface area (TPSA) is 38.3 Å². The maximum absolute atomic E-state index is 12.9. The molecule has 1 N–H and O–H groups in total. The summed E-state index contributed by atoms with van der Waals surface area (Å²) in [7, 11) is 0. The van der Waals surface area contributed by atoms with E-state index in [4.69, 9.17) is 0 Å². The molecule has 0 aromatic heterocycles. The van der Waals surface area contributed by atoms with Gasteiger partial charge in [0.1, 0.15) is 5.82 Å². The Bertz CT molecular complexity index is 460. The normalized spacial score (nSPS) is 11.4. The van der Waals surface area contributed by atoms with Crippen molar-refractivity contribution in [1.29, 1.82) is 0 Å². The Balaban J connectivity index is 2.58. The number of ether oxygens (including phenoxy) is 1. The van der Waals surface area contributed by atoms with Gasteiger partial charge in [-0.25, -0.2) is 4.39 Å². The molecule has 0 amide bonds. The molecule has 0 saturated heterocycles. The molecule has 0 aliphatic rings. The van der Waals surface area contributed by atoms with Gasteiger partial charge in [-0.1, -0.05) is 6.07 Å². The quantitative estimate of drug-likeness (QED) is 0.498. The molecule has 0 radical (unpaired) electrons. The van der Waals surface area contributed by atoms with Gasteiger partial charge in [-0.05, 0) is 24.6 Å². The van der Waals surface area contributed by atoms with Crippen LogP contribution in [-0.4, -0.2) is 19.1 Å². The molecule has 7 heteroatoms.